The van der Waals surface area contributed by atoms with E-state index in [9.17, 15) is 0 Å². The lowest BCUT2D eigenvalue weighted by Crippen LogP contribution is -2.39. The SMILES string of the molecule is CC(C)(C)c1ccc(N2CN(Cc3ccnc(Cl)c3)C(C)(C)C2)cc1. The number of hydrogen-bond donors (Lipinski definition) is 0. The van der Waals surface area contributed by atoms with Crippen molar-refractivity contribution < 1.29 is 0 Å². The fraction of sp³-hybridized carbons (Fsp3) is 0.476. The highest BCUT2D eigenvalue weighted by molar-refractivity contribution is 6.29. The first kappa shape index (κ1) is 18.2. The molecule has 3 nitrogen and oxygen atoms in total. The van der Waals surface area contributed by atoms with Gasteiger partial charge >= 0.3 is 0 Å². The molecule has 0 atom stereocenters. The maximum atomic E-state index is 6.04. The van der Waals surface area contributed by atoms with Crippen molar-refractivity contribution in [1.29, 1.82) is 0 Å². The van der Waals surface area contributed by atoms with Crippen LogP contribution in [0.1, 0.15) is 45.7 Å². The topological polar surface area (TPSA) is 19.4 Å². The number of aromatic nitrogens is 1. The second-order valence-electron chi connectivity index (χ2n) is 8.63. The van der Waals surface area contributed by atoms with Crippen molar-refractivity contribution >= 4 is 17.3 Å². The Morgan fingerprint density at radius 2 is 1.80 bits per heavy atom. The van der Waals surface area contributed by atoms with Gasteiger partial charge in [-0.15, -0.1) is 0 Å². The average molecular weight is 358 g/mol. The zero-order chi connectivity index (χ0) is 18.2. The summed E-state index contributed by atoms with van der Waals surface area (Å²) in [6, 6.07) is 13.0. The molecule has 0 aliphatic carbocycles. The zero-order valence-corrected chi connectivity index (χ0v) is 16.6. The number of rotatable bonds is 3. The van der Waals surface area contributed by atoms with Crippen LogP contribution in [0.2, 0.25) is 5.15 Å². The molecule has 0 radical (unpaired) electrons. The maximum Gasteiger partial charge on any atom is 0.129 e. The molecule has 0 N–H and O–H groups in total. The van der Waals surface area contributed by atoms with Crippen molar-refractivity contribution in [2.45, 2.75) is 52.1 Å². The van der Waals surface area contributed by atoms with Crippen LogP contribution in [0, 0.1) is 0 Å². The van der Waals surface area contributed by atoms with Crippen molar-refractivity contribution in [1.82, 2.24) is 9.88 Å². The first-order chi connectivity index (χ1) is 11.6. The third-order valence-electron chi connectivity index (χ3n) is 5.04. The number of halogens is 1. The van der Waals surface area contributed by atoms with Crippen molar-refractivity contribution in [2.75, 3.05) is 18.1 Å². The molecule has 2 heterocycles. The molecule has 4 heteroatoms. The summed E-state index contributed by atoms with van der Waals surface area (Å²) in [6.45, 7) is 14.2. The van der Waals surface area contributed by atoms with Crippen molar-refractivity contribution in [3.63, 3.8) is 0 Å². The second kappa shape index (κ2) is 6.62. The lowest BCUT2D eigenvalue weighted by atomic mass is 9.87. The molecule has 0 spiro atoms. The highest BCUT2D eigenvalue weighted by Crippen LogP contribution is 2.32. The predicted molar refractivity (Wildman–Crippen MR) is 106 cm³/mol. The molecule has 1 aliphatic heterocycles. The van der Waals surface area contributed by atoms with Gasteiger partial charge in [0.1, 0.15) is 5.15 Å². The summed E-state index contributed by atoms with van der Waals surface area (Å²) < 4.78 is 0. The number of anilines is 1. The van der Waals surface area contributed by atoms with Crippen LogP contribution in [0.4, 0.5) is 5.69 Å². The van der Waals surface area contributed by atoms with E-state index in [1.165, 1.54) is 16.8 Å². The van der Waals surface area contributed by atoms with Gasteiger partial charge in [-0.1, -0.05) is 44.5 Å². The molecule has 1 aliphatic rings. The van der Waals surface area contributed by atoms with E-state index in [1.807, 2.05) is 12.1 Å². The van der Waals surface area contributed by atoms with E-state index in [1.54, 1.807) is 6.20 Å². The zero-order valence-electron chi connectivity index (χ0n) is 15.9. The molecule has 0 unspecified atom stereocenters. The van der Waals surface area contributed by atoms with E-state index < -0.39 is 0 Å². The van der Waals surface area contributed by atoms with Gasteiger partial charge in [0.15, 0.2) is 0 Å². The molecule has 1 aromatic heterocycles. The number of pyridine rings is 1. The molecule has 134 valence electrons. The number of hydrogen-bond acceptors (Lipinski definition) is 3. The quantitative estimate of drug-likeness (QED) is 0.713. The summed E-state index contributed by atoms with van der Waals surface area (Å²) >= 11 is 6.04. The normalized spacial score (nSPS) is 17.9. The summed E-state index contributed by atoms with van der Waals surface area (Å²) in [5.74, 6) is 0. The van der Waals surface area contributed by atoms with Gasteiger partial charge < -0.3 is 4.90 Å². The van der Waals surface area contributed by atoms with Gasteiger partial charge in [-0.25, -0.2) is 4.98 Å². The van der Waals surface area contributed by atoms with Gasteiger partial charge in [-0.3, -0.25) is 4.90 Å². The van der Waals surface area contributed by atoms with Gasteiger partial charge in [0, 0.05) is 30.5 Å². The standard InChI is InChI=1S/C21H28ClN3/c1-20(2,3)17-6-8-18(9-7-17)24-14-21(4,5)25(15-24)13-16-10-11-23-19(22)12-16/h6-12H,13-15H2,1-5H3. The minimum Gasteiger partial charge on any atom is -0.357 e. The first-order valence-corrected chi connectivity index (χ1v) is 9.24. The summed E-state index contributed by atoms with van der Waals surface area (Å²) in [6.07, 6.45) is 1.78. The molecule has 1 fully saturated rings. The van der Waals surface area contributed by atoms with E-state index in [0.717, 1.165) is 19.8 Å². The van der Waals surface area contributed by atoms with Gasteiger partial charge in [0.05, 0.1) is 6.67 Å². The number of nitrogens with zero attached hydrogens (tertiary/aromatic N) is 3. The maximum absolute atomic E-state index is 6.04. The third kappa shape index (κ3) is 4.16. The van der Waals surface area contributed by atoms with E-state index in [2.05, 4.69) is 73.7 Å². The monoisotopic (exact) mass is 357 g/mol. The smallest absolute Gasteiger partial charge is 0.129 e. The summed E-state index contributed by atoms with van der Waals surface area (Å²) in [5, 5.41) is 0.559. The van der Waals surface area contributed by atoms with Crippen LogP contribution in [-0.4, -0.2) is 28.6 Å². The predicted octanol–water partition coefficient (Wildman–Crippen LogP) is 5.09. The van der Waals surface area contributed by atoms with Crippen molar-refractivity contribution in [2.24, 2.45) is 0 Å². The first-order valence-electron chi connectivity index (χ1n) is 8.86. The molecule has 25 heavy (non-hydrogen) atoms. The lowest BCUT2D eigenvalue weighted by molar-refractivity contribution is 0.175. The van der Waals surface area contributed by atoms with Crippen LogP contribution < -0.4 is 4.90 Å². The van der Waals surface area contributed by atoms with E-state index in [0.29, 0.717) is 5.15 Å². The molecular formula is C21H28ClN3. The van der Waals surface area contributed by atoms with E-state index in [-0.39, 0.29) is 11.0 Å². The van der Waals surface area contributed by atoms with Crippen molar-refractivity contribution in [3.8, 4) is 0 Å². The van der Waals surface area contributed by atoms with E-state index >= 15 is 0 Å². The Balaban J connectivity index is 1.75. The van der Waals surface area contributed by atoms with E-state index in [4.69, 9.17) is 11.6 Å². The average Bonchev–Trinajstić information content (AvgIpc) is 2.82. The Morgan fingerprint density at radius 3 is 2.40 bits per heavy atom. The van der Waals surface area contributed by atoms with Crippen LogP contribution in [0.3, 0.4) is 0 Å². The summed E-state index contributed by atoms with van der Waals surface area (Å²) in [4.78, 5) is 9.03. The van der Waals surface area contributed by atoms with Gasteiger partial charge in [-0.2, -0.15) is 0 Å². The minimum atomic E-state index is 0.110. The van der Waals surface area contributed by atoms with Crippen LogP contribution in [0.5, 0.6) is 0 Å². The Labute approximate surface area is 156 Å². The summed E-state index contributed by atoms with van der Waals surface area (Å²) in [7, 11) is 0. The number of benzene rings is 1. The molecule has 0 bridgehead atoms. The molecule has 2 aromatic rings. The largest absolute Gasteiger partial charge is 0.357 e. The van der Waals surface area contributed by atoms with Crippen molar-refractivity contribution in [3.05, 3.63) is 58.9 Å². The molecule has 1 saturated heterocycles. The molecule has 1 aromatic carbocycles. The second-order valence-corrected chi connectivity index (χ2v) is 9.02. The fourth-order valence-corrected chi connectivity index (χ4v) is 3.58. The van der Waals surface area contributed by atoms with Crippen LogP contribution in [0.15, 0.2) is 42.6 Å². The minimum absolute atomic E-state index is 0.110. The van der Waals surface area contributed by atoms with Gasteiger partial charge in [-0.05, 0) is 54.7 Å². The molecular weight excluding hydrogens is 330 g/mol. The Kier molecular flexibility index (Phi) is 4.82. The van der Waals surface area contributed by atoms with Crippen LogP contribution in [-0.2, 0) is 12.0 Å². The molecule has 0 saturated carbocycles. The third-order valence-corrected chi connectivity index (χ3v) is 5.24. The van der Waals surface area contributed by atoms with Crippen LogP contribution >= 0.6 is 11.6 Å². The Hall–Kier alpha value is -1.58. The highest BCUT2D eigenvalue weighted by atomic mass is 35.5. The summed E-state index contributed by atoms with van der Waals surface area (Å²) in [5.41, 5.74) is 4.17. The highest BCUT2D eigenvalue weighted by Gasteiger charge is 2.37. The van der Waals surface area contributed by atoms with Gasteiger partial charge in [0.25, 0.3) is 0 Å². The molecule has 0 amide bonds. The fourth-order valence-electron chi connectivity index (χ4n) is 3.39. The Bertz CT molecular complexity index is 732. The van der Waals surface area contributed by atoms with Gasteiger partial charge in [0.2, 0.25) is 0 Å². The molecule has 3 rings (SSSR count). The Morgan fingerprint density at radius 1 is 1.12 bits per heavy atom. The van der Waals surface area contributed by atoms with Crippen LogP contribution in [0.25, 0.3) is 0 Å². The lowest BCUT2D eigenvalue weighted by Gasteiger charge is -2.29.